The van der Waals surface area contributed by atoms with Crippen molar-refractivity contribution in [2.45, 2.75) is 18.9 Å². The highest BCUT2D eigenvalue weighted by Gasteiger charge is 2.23. The van der Waals surface area contributed by atoms with E-state index in [2.05, 4.69) is 20.3 Å². The lowest BCUT2D eigenvalue weighted by Gasteiger charge is -2.28. The van der Waals surface area contributed by atoms with Gasteiger partial charge in [0.25, 0.3) is 5.56 Å². The first-order valence-electron chi connectivity index (χ1n) is 10.9. The van der Waals surface area contributed by atoms with E-state index in [1.807, 2.05) is 0 Å². The molecule has 1 saturated heterocycles. The summed E-state index contributed by atoms with van der Waals surface area (Å²) in [6, 6.07) is 9.25. The van der Waals surface area contributed by atoms with Crippen molar-refractivity contribution < 1.29 is 13.9 Å². The monoisotopic (exact) mass is 496 g/mol. The number of hydrogen-bond donors (Lipinski definition) is 2. The number of benzene rings is 1. The van der Waals surface area contributed by atoms with Crippen LogP contribution in [0.4, 0.5) is 10.3 Å². The molecule has 3 N–H and O–H groups in total. The van der Waals surface area contributed by atoms with E-state index in [-0.39, 0.29) is 28.9 Å². The fraction of sp³-hybridized carbons (Fsp3) is 0.250. The first-order chi connectivity index (χ1) is 16.9. The van der Waals surface area contributed by atoms with E-state index in [4.69, 9.17) is 26.8 Å². The molecule has 0 radical (unpaired) electrons. The van der Waals surface area contributed by atoms with Gasteiger partial charge in [-0.05, 0) is 24.3 Å². The number of nitrogens with zero attached hydrogens (tertiary/aromatic N) is 4. The van der Waals surface area contributed by atoms with Crippen LogP contribution in [0, 0.1) is 5.82 Å². The van der Waals surface area contributed by atoms with E-state index in [9.17, 15) is 9.18 Å². The average molecular weight is 497 g/mol. The van der Waals surface area contributed by atoms with E-state index in [1.54, 1.807) is 37.5 Å². The molecule has 4 aromatic rings. The number of rotatable bonds is 5. The molecule has 0 bridgehead atoms. The highest BCUT2D eigenvalue weighted by Crippen LogP contribution is 2.32. The molecule has 0 aliphatic carbocycles. The zero-order valence-corrected chi connectivity index (χ0v) is 19.5. The second-order valence-corrected chi connectivity index (χ2v) is 8.49. The Bertz CT molecular complexity index is 1460. The third-order valence-electron chi connectivity index (χ3n) is 5.67. The van der Waals surface area contributed by atoms with Crippen molar-refractivity contribution in [1.82, 2.24) is 19.5 Å². The number of fused-ring (bicyclic) bond motifs is 1. The Morgan fingerprint density at radius 2 is 2.00 bits per heavy atom. The van der Waals surface area contributed by atoms with Gasteiger partial charge in [-0.1, -0.05) is 23.7 Å². The van der Waals surface area contributed by atoms with E-state index in [0.717, 1.165) is 0 Å². The summed E-state index contributed by atoms with van der Waals surface area (Å²) in [6.07, 6.45) is 2.46. The lowest BCUT2D eigenvalue weighted by molar-refractivity contribution is -0.191. The third-order valence-corrected chi connectivity index (χ3v) is 5.98. The molecule has 0 saturated carbocycles. The van der Waals surface area contributed by atoms with Crippen LogP contribution in [0.5, 0.6) is 0 Å². The summed E-state index contributed by atoms with van der Waals surface area (Å²) in [5, 5.41) is 3.79. The van der Waals surface area contributed by atoms with Gasteiger partial charge in [0.1, 0.15) is 17.2 Å². The number of anilines is 1. The molecule has 1 aromatic carbocycles. The van der Waals surface area contributed by atoms with Gasteiger partial charge in [-0.25, -0.2) is 9.37 Å². The van der Waals surface area contributed by atoms with Gasteiger partial charge in [0.15, 0.2) is 6.29 Å². The maximum absolute atomic E-state index is 14.2. The molecule has 0 amide bonds. The molecule has 0 spiro atoms. The van der Waals surface area contributed by atoms with Crippen molar-refractivity contribution in [2.24, 2.45) is 5.73 Å². The number of nitrogens with one attached hydrogen (secondary N) is 1. The van der Waals surface area contributed by atoms with Gasteiger partial charge in [0.2, 0.25) is 5.95 Å². The Labute approximate surface area is 204 Å². The Morgan fingerprint density at radius 1 is 1.20 bits per heavy atom. The predicted octanol–water partition coefficient (Wildman–Crippen LogP) is 3.05. The van der Waals surface area contributed by atoms with Crippen LogP contribution in [0.15, 0.2) is 53.6 Å². The molecular weight excluding hydrogens is 475 g/mol. The van der Waals surface area contributed by atoms with Gasteiger partial charge in [0, 0.05) is 46.5 Å². The smallest absolute Gasteiger partial charge is 0.260 e. The number of pyridine rings is 2. The molecule has 0 unspecified atom stereocenters. The minimum absolute atomic E-state index is 0.102. The van der Waals surface area contributed by atoms with E-state index >= 15 is 0 Å². The SMILES string of the molecule is CNc1ncc2cc(-c3ccc(-c4ncccc4F)cc3Cl)c(=O)n(CC3OCC(N)CO3)c2n1. The van der Waals surface area contributed by atoms with Crippen molar-refractivity contribution in [1.29, 1.82) is 0 Å². The Kier molecular flexibility index (Phi) is 6.44. The molecule has 1 fully saturated rings. The lowest BCUT2D eigenvalue weighted by Crippen LogP contribution is -2.43. The van der Waals surface area contributed by atoms with Crippen molar-refractivity contribution in [2.75, 3.05) is 25.6 Å². The third kappa shape index (κ3) is 4.61. The number of hydrogen-bond acceptors (Lipinski definition) is 8. The minimum Gasteiger partial charge on any atom is -0.357 e. The second-order valence-electron chi connectivity index (χ2n) is 8.08. The Hall–Kier alpha value is -3.44. The van der Waals surface area contributed by atoms with Crippen molar-refractivity contribution >= 4 is 28.6 Å². The summed E-state index contributed by atoms with van der Waals surface area (Å²) in [6.45, 7) is 0.751. The van der Waals surface area contributed by atoms with Gasteiger partial charge < -0.3 is 20.5 Å². The van der Waals surface area contributed by atoms with E-state index < -0.39 is 12.1 Å². The maximum atomic E-state index is 14.2. The maximum Gasteiger partial charge on any atom is 0.260 e. The molecule has 35 heavy (non-hydrogen) atoms. The Balaban J connectivity index is 1.62. The largest absolute Gasteiger partial charge is 0.357 e. The molecule has 3 aromatic heterocycles. The molecule has 180 valence electrons. The number of aromatic nitrogens is 4. The topological polar surface area (TPSA) is 117 Å². The molecule has 9 nitrogen and oxygen atoms in total. The fourth-order valence-corrected chi connectivity index (χ4v) is 4.22. The molecule has 4 heterocycles. The zero-order valence-electron chi connectivity index (χ0n) is 18.7. The highest BCUT2D eigenvalue weighted by atomic mass is 35.5. The van der Waals surface area contributed by atoms with Gasteiger partial charge in [0.05, 0.1) is 25.8 Å². The van der Waals surface area contributed by atoms with Crippen LogP contribution >= 0.6 is 11.6 Å². The van der Waals surface area contributed by atoms with Gasteiger partial charge in [-0.15, -0.1) is 0 Å². The summed E-state index contributed by atoms with van der Waals surface area (Å²) >= 11 is 6.59. The standard InChI is InChI=1S/C24H22ClFN6O3/c1-28-24-30-9-14-7-17(16-5-4-13(8-18(16)25)21-19(26)3-2-6-29-21)23(33)32(22(14)31-24)10-20-34-11-15(27)12-35-20/h2-9,15,20H,10-12,27H2,1H3,(H,28,30,31). The predicted molar refractivity (Wildman–Crippen MR) is 131 cm³/mol. The van der Waals surface area contributed by atoms with Crippen molar-refractivity contribution in [3.63, 3.8) is 0 Å². The lowest BCUT2D eigenvalue weighted by atomic mass is 10.0. The van der Waals surface area contributed by atoms with E-state index in [1.165, 1.54) is 22.9 Å². The zero-order chi connectivity index (χ0) is 24.5. The molecule has 0 atom stereocenters. The molecule has 1 aliphatic heterocycles. The van der Waals surface area contributed by atoms with Gasteiger partial charge in [-0.2, -0.15) is 4.98 Å². The highest BCUT2D eigenvalue weighted by molar-refractivity contribution is 6.33. The second kappa shape index (κ2) is 9.67. The van der Waals surface area contributed by atoms with Crippen LogP contribution in [-0.2, 0) is 16.0 Å². The van der Waals surface area contributed by atoms with Crippen LogP contribution in [0.3, 0.4) is 0 Å². The van der Waals surface area contributed by atoms with Crippen LogP contribution in [-0.4, -0.2) is 52.1 Å². The normalized spacial score (nSPS) is 18.1. The molecule has 1 aliphatic rings. The molecular formula is C24H22ClFN6O3. The van der Waals surface area contributed by atoms with Crippen molar-refractivity contribution in [3.8, 4) is 22.4 Å². The summed E-state index contributed by atoms with van der Waals surface area (Å²) < 4.78 is 27.0. The number of ether oxygens (including phenoxy) is 2. The average Bonchev–Trinajstić information content (AvgIpc) is 2.87. The minimum atomic E-state index is -0.663. The first-order valence-corrected chi connectivity index (χ1v) is 11.3. The fourth-order valence-electron chi connectivity index (χ4n) is 3.93. The van der Waals surface area contributed by atoms with Crippen LogP contribution in [0.1, 0.15) is 0 Å². The quantitative estimate of drug-likeness (QED) is 0.433. The summed E-state index contributed by atoms with van der Waals surface area (Å²) in [5.41, 5.74) is 7.42. The number of nitrogens with two attached hydrogens (primary N) is 1. The summed E-state index contributed by atoms with van der Waals surface area (Å²) in [7, 11) is 1.69. The molecule has 5 rings (SSSR count). The van der Waals surface area contributed by atoms with Crippen LogP contribution in [0.25, 0.3) is 33.4 Å². The summed E-state index contributed by atoms with van der Waals surface area (Å²) in [4.78, 5) is 26.5. The van der Waals surface area contributed by atoms with Crippen LogP contribution < -0.4 is 16.6 Å². The van der Waals surface area contributed by atoms with Crippen molar-refractivity contribution in [3.05, 3.63) is 70.0 Å². The Morgan fingerprint density at radius 3 is 2.71 bits per heavy atom. The summed E-state index contributed by atoms with van der Waals surface area (Å²) in [5.74, 6) is -0.0975. The molecule has 11 heteroatoms. The van der Waals surface area contributed by atoms with Crippen LogP contribution in [0.2, 0.25) is 5.02 Å². The van der Waals surface area contributed by atoms with E-state index in [0.29, 0.717) is 46.9 Å². The number of halogens is 2. The van der Waals surface area contributed by atoms with Gasteiger partial charge >= 0.3 is 0 Å². The first kappa shape index (κ1) is 23.3. The van der Waals surface area contributed by atoms with Gasteiger partial charge in [-0.3, -0.25) is 14.3 Å².